The van der Waals surface area contributed by atoms with Gasteiger partial charge < -0.3 is 28.4 Å². The summed E-state index contributed by atoms with van der Waals surface area (Å²) in [6.45, 7) is 15.1. The van der Waals surface area contributed by atoms with Crippen LogP contribution in [0.5, 0.6) is 34.5 Å². The van der Waals surface area contributed by atoms with Gasteiger partial charge in [0, 0.05) is 0 Å². The molecule has 0 saturated heterocycles. The van der Waals surface area contributed by atoms with Gasteiger partial charge in [-0.2, -0.15) is 0 Å². The first kappa shape index (κ1) is 61.1. The number of hydrogen-bond donors (Lipinski definition) is 0. The number of benzene rings is 4. The highest BCUT2D eigenvalue weighted by Crippen LogP contribution is 2.47. The van der Waals surface area contributed by atoms with Gasteiger partial charge in [-0.1, -0.05) is 195 Å². The van der Waals surface area contributed by atoms with Crippen LogP contribution >= 0.6 is 33.2 Å². The van der Waals surface area contributed by atoms with E-state index >= 15 is 0 Å². The van der Waals surface area contributed by atoms with Crippen molar-refractivity contribution >= 4 is 71.6 Å². The first-order chi connectivity index (χ1) is 34.7. The average Bonchev–Trinajstić information content (AvgIpc) is 3.36. The lowest BCUT2D eigenvalue weighted by molar-refractivity contribution is 0.259. The van der Waals surface area contributed by atoms with Crippen molar-refractivity contribution in [3.63, 3.8) is 0 Å². The summed E-state index contributed by atoms with van der Waals surface area (Å²) in [5.41, 5.74) is 0. The molecule has 0 bridgehead atoms. The van der Waals surface area contributed by atoms with E-state index in [1.54, 1.807) is 0 Å². The Hall–Kier alpha value is -2.45. The molecule has 0 atom stereocenters. The van der Waals surface area contributed by atoms with Crippen LogP contribution in [-0.4, -0.2) is 45.6 Å². The molecule has 0 radical (unpaired) electrons. The third-order valence-corrected chi connectivity index (χ3v) is 16.4. The molecule has 402 valence electrons. The van der Waals surface area contributed by atoms with Crippen LogP contribution in [0.2, 0.25) is 6.04 Å². The van der Waals surface area contributed by atoms with E-state index in [-0.39, 0.29) is 0 Å². The molecule has 0 aromatic heterocycles. The van der Waals surface area contributed by atoms with Crippen molar-refractivity contribution in [3.05, 3.63) is 36.4 Å². The lowest BCUT2D eigenvalue weighted by Gasteiger charge is -2.21. The molecule has 0 aliphatic heterocycles. The van der Waals surface area contributed by atoms with Crippen LogP contribution in [-0.2, 0) is 0 Å². The van der Waals surface area contributed by atoms with Gasteiger partial charge in [-0.05, 0) is 113 Å². The molecule has 71 heavy (non-hydrogen) atoms. The molecule has 4 rings (SSSR count). The molecule has 0 fully saturated rings. The molecular formula is C61H97Cl3O6Si. The van der Waals surface area contributed by atoms with Gasteiger partial charge >= 0.3 is 6.00 Å². The first-order valence-electron chi connectivity index (χ1n) is 29.1. The quantitative estimate of drug-likeness (QED) is 0.0190. The monoisotopic (exact) mass is 1060 g/mol. The van der Waals surface area contributed by atoms with E-state index in [0.29, 0.717) is 39.6 Å². The second-order valence-corrected chi connectivity index (χ2v) is 29.5. The standard InChI is InChI=1S/C61H97Cl3O6Si/c1-6-11-30-37-65-56-44-50-51-45-57(66-38-31-12-7-2)59(68-40-33-14-9-4)47-53(51)55-49-61(60(69-41-34-15-10-5)48-54(55)52(50)46-58(56)67-39-32-13-8-3)70-42-35-28-26-24-22-20-18-16-17-19-21-23-25-27-29-36-43-71(62,63)64/h44-49H,6-43H2,1-5H3. The summed E-state index contributed by atoms with van der Waals surface area (Å²) in [5, 5.41) is 6.65. The topological polar surface area (TPSA) is 55.4 Å². The maximum atomic E-state index is 6.77. The van der Waals surface area contributed by atoms with E-state index in [4.69, 9.17) is 61.7 Å². The predicted molar refractivity (Wildman–Crippen MR) is 312 cm³/mol. The number of unbranched alkanes of at least 4 members (excludes halogenated alkanes) is 25. The maximum absolute atomic E-state index is 6.77. The van der Waals surface area contributed by atoms with Crippen molar-refractivity contribution in [1.29, 1.82) is 0 Å². The fourth-order valence-electron chi connectivity index (χ4n) is 9.45. The van der Waals surface area contributed by atoms with Crippen molar-refractivity contribution in [1.82, 2.24) is 0 Å². The average molecular weight is 1060 g/mol. The Balaban J connectivity index is 1.55. The summed E-state index contributed by atoms with van der Waals surface area (Å²) < 4.78 is 39.9. The van der Waals surface area contributed by atoms with Crippen LogP contribution in [0.1, 0.15) is 234 Å². The van der Waals surface area contributed by atoms with Crippen molar-refractivity contribution in [2.45, 2.75) is 240 Å². The molecule has 0 heterocycles. The molecule has 0 N–H and O–H groups in total. The summed E-state index contributed by atoms with van der Waals surface area (Å²) in [6, 6.07) is 11.7. The van der Waals surface area contributed by atoms with Crippen LogP contribution in [0.4, 0.5) is 0 Å². The molecule has 0 aliphatic rings. The van der Waals surface area contributed by atoms with E-state index < -0.39 is 6.00 Å². The number of hydrogen-bond acceptors (Lipinski definition) is 6. The largest absolute Gasteiger partial charge is 0.490 e. The minimum absolute atomic E-state index is 0.653. The van der Waals surface area contributed by atoms with Crippen LogP contribution in [0.3, 0.4) is 0 Å². The molecular weight excluding hydrogens is 963 g/mol. The third-order valence-electron chi connectivity index (χ3n) is 13.8. The minimum atomic E-state index is -2.43. The van der Waals surface area contributed by atoms with E-state index in [1.807, 2.05) is 0 Å². The highest BCUT2D eigenvalue weighted by Gasteiger charge is 2.24. The fourth-order valence-corrected chi connectivity index (χ4v) is 11.3. The Morgan fingerprint density at radius 1 is 0.254 bits per heavy atom. The normalized spacial score (nSPS) is 11.8. The summed E-state index contributed by atoms with van der Waals surface area (Å²) in [5.74, 6) is 4.82. The summed E-state index contributed by atoms with van der Waals surface area (Å²) >= 11 is 18.0. The molecule has 4 aromatic carbocycles. The van der Waals surface area contributed by atoms with Crippen molar-refractivity contribution in [2.24, 2.45) is 0 Å². The van der Waals surface area contributed by atoms with Gasteiger partial charge in [0.1, 0.15) is 0 Å². The zero-order valence-corrected chi connectivity index (χ0v) is 48.7. The lowest BCUT2D eigenvalue weighted by Crippen LogP contribution is -2.07. The van der Waals surface area contributed by atoms with Gasteiger partial charge in [-0.25, -0.2) is 0 Å². The molecule has 4 aromatic rings. The number of fused-ring (bicyclic) bond motifs is 6. The second kappa shape index (κ2) is 37.3. The second-order valence-electron chi connectivity index (χ2n) is 20.2. The Bertz CT molecular complexity index is 1970. The molecule has 0 unspecified atom stereocenters. The van der Waals surface area contributed by atoms with Crippen molar-refractivity contribution in [3.8, 4) is 34.5 Å². The maximum Gasteiger partial charge on any atom is 0.341 e. The molecule has 0 aliphatic carbocycles. The van der Waals surface area contributed by atoms with Gasteiger partial charge in [-0.3, -0.25) is 0 Å². The Kier molecular flexibility index (Phi) is 32.1. The highest BCUT2D eigenvalue weighted by molar-refractivity contribution is 7.64. The lowest BCUT2D eigenvalue weighted by atomic mass is 9.93. The molecule has 0 spiro atoms. The van der Waals surface area contributed by atoms with E-state index in [2.05, 4.69) is 71.0 Å². The van der Waals surface area contributed by atoms with E-state index in [1.165, 1.54) is 89.9 Å². The van der Waals surface area contributed by atoms with Gasteiger partial charge in [0.2, 0.25) is 0 Å². The first-order valence-corrected chi connectivity index (χ1v) is 34.4. The van der Waals surface area contributed by atoms with Crippen molar-refractivity contribution < 1.29 is 28.4 Å². The molecule has 6 nitrogen and oxygen atoms in total. The Labute approximate surface area is 447 Å². The highest BCUT2D eigenvalue weighted by atomic mass is 35.8. The third kappa shape index (κ3) is 23.7. The Morgan fingerprint density at radius 3 is 0.606 bits per heavy atom. The van der Waals surface area contributed by atoms with E-state index in [9.17, 15) is 0 Å². The number of halogens is 3. The van der Waals surface area contributed by atoms with Crippen LogP contribution in [0, 0.1) is 0 Å². The van der Waals surface area contributed by atoms with Gasteiger partial charge in [0.15, 0.2) is 34.5 Å². The van der Waals surface area contributed by atoms with Crippen LogP contribution in [0.25, 0.3) is 32.3 Å². The Morgan fingerprint density at radius 2 is 0.423 bits per heavy atom. The molecule has 0 amide bonds. The summed E-state index contributed by atoms with van der Waals surface area (Å²) in [4.78, 5) is 0. The van der Waals surface area contributed by atoms with Gasteiger partial charge in [0.25, 0.3) is 0 Å². The van der Waals surface area contributed by atoms with Crippen LogP contribution < -0.4 is 28.4 Å². The van der Waals surface area contributed by atoms with Crippen LogP contribution in [0.15, 0.2) is 36.4 Å². The fraction of sp³-hybridized carbons (Fsp3) is 0.705. The molecule has 10 heteroatoms. The predicted octanol–water partition coefficient (Wildman–Crippen LogP) is 21.3. The SMILES string of the molecule is CCCCCOc1cc2c3cc(OCCCCC)c(OCCCCC)cc3c3cc(OCCCCCCCCCCCCCCCCCC[Si](Cl)(Cl)Cl)c(OCCCCC)cc3c2cc1OCCCCC. The zero-order chi connectivity index (χ0) is 50.8. The van der Waals surface area contributed by atoms with Gasteiger partial charge in [0.05, 0.1) is 39.6 Å². The minimum Gasteiger partial charge on any atom is -0.490 e. The zero-order valence-electron chi connectivity index (χ0n) is 45.4. The number of rotatable bonds is 45. The van der Waals surface area contributed by atoms with Crippen molar-refractivity contribution in [2.75, 3.05) is 39.6 Å². The summed E-state index contributed by atoms with van der Waals surface area (Å²) in [7, 11) is 0. The van der Waals surface area contributed by atoms with E-state index in [0.717, 1.165) is 182 Å². The van der Waals surface area contributed by atoms with Gasteiger partial charge in [-0.15, -0.1) is 33.2 Å². The number of ether oxygens (including phenoxy) is 6. The summed E-state index contributed by atoms with van der Waals surface area (Å²) in [6.07, 6.45) is 36.8. The molecule has 0 saturated carbocycles. The smallest absolute Gasteiger partial charge is 0.341 e.